The summed E-state index contributed by atoms with van der Waals surface area (Å²) >= 11 is 0. The van der Waals surface area contributed by atoms with E-state index < -0.39 is 6.17 Å². The first kappa shape index (κ1) is 24.1. The number of piperidine rings is 1. The summed E-state index contributed by atoms with van der Waals surface area (Å²) in [5.41, 5.74) is 1.77. The molecule has 3 atom stereocenters. The van der Waals surface area contributed by atoms with Crippen LogP contribution in [-0.2, 0) is 0 Å². The summed E-state index contributed by atoms with van der Waals surface area (Å²) < 4.78 is 34.4. The number of benzene rings is 2. The molecule has 1 aromatic heterocycles. The summed E-state index contributed by atoms with van der Waals surface area (Å²) in [6.45, 7) is 2.13. The Morgan fingerprint density at radius 3 is 2.85 bits per heavy atom. The van der Waals surface area contributed by atoms with Crippen LogP contribution in [0.5, 0.6) is 5.75 Å². The van der Waals surface area contributed by atoms with Crippen LogP contribution in [-0.4, -0.2) is 48.3 Å². The number of hydrogen-bond acceptors (Lipinski definition) is 4. The number of fused-ring (bicyclic) bond motifs is 1. The van der Waals surface area contributed by atoms with Crippen molar-refractivity contribution in [2.24, 2.45) is 11.8 Å². The van der Waals surface area contributed by atoms with E-state index in [0.29, 0.717) is 42.8 Å². The quantitative estimate of drug-likeness (QED) is 0.491. The van der Waals surface area contributed by atoms with Gasteiger partial charge in [-0.05, 0) is 79.6 Å². The minimum Gasteiger partial charge on any atom is -0.497 e. The summed E-state index contributed by atoms with van der Waals surface area (Å²) in [6.07, 6.45) is 2.51. The highest BCUT2D eigenvalue weighted by Gasteiger charge is 2.29. The van der Waals surface area contributed by atoms with Crippen LogP contribution >= 0.6 is 0 Å². The molecule has 6 heteroatoms. The van der Waals surface area contributed by atoms with Gasteiger partial charge in [0.15, 0.2) is 0 Å². The molecular weight excluding hydrogens is 434 g/mol. The van der Waals surface area contributed by atoms with E-state index in [9.17, 15) is 9.50 Å². The maximum atomic E-state index is 15.3. The summed E-state index contributed by atoms with van der Waals surface area (Å²) in [5, 5.41) is 10.7. The predicted octanol–water partition coefficient (Wildman–Crippen LogP) is 5.16. The molecule has 4 rings (SSSR count). The number of halogens is 2. The van der Waals surface area contributed by atoms with E-state index >= 15 is 4.39 Å². The third-order valence-corrected chi connectivity index (χ3v) is 6.72. The molecule has 1 N–H and O–H groups in total. The summed E-state index contributed by atoms with van der Waals surface area (Å²) in [4.78, 5) is 6.52. The van der Waals surface area contributed by atoms with Crippen molar-refractivity contribution in [2.45, 2.75) is 25.4 Å². The number of rotatable bonds is 7. The van der Waals surface area contributed by atoms with E-state index in [1.165, 1.54) is 6.07 Å². The lowest BCUT2D eigenvalue weighted by atomic mass is 9.81. The molecule has 2 aromatic carbocycles. The van der Waals surface area contributed by atoms with Gasteiger partial charge in [-0.15, -0.1) is 0 Å². The highest BCUT2D eigenvalue weighted by atomic mass is 19.1. The zero-order chi connectivity index (χ0) is 23.9. The summed E-state index contributed by atoms with van der Waals surface area (Å²) in [6, 6.07) is 13.7. The predicted molar refractivity (Wildman–Crippen MR) is 130 cm³/mol. The first-order valence-corrected chi connectivity index (χ1v) is 11.7. The van der Waals surface area contributed by atoms with Crippen LogP contribution in [0, 0.1) is 29.5 Å². The zero-order valence-electron chi connectivity index (χ0n) is 19.4. The first-order chi connectivity index (χ1) is 16.6. The van der Waals surface area contributed by atoms with Crippen molar-refractivity contribution in [3.05, 3.63) is 71.7 Å². The van der Waals surface area contributed by atoms with Gasteiger partial charge in [0.25, 0.3) is 0 Å². The Morgan fingerprint density at radius 2 is 2.06 bits per heavy atom. The fraction of sp³-hybridized carbons (Fsp3) is 0.393. The average Bonchev–Trinajstić information content (AvgIpc) is 2.88. The number of likely N-dealkylation sites (tertiary alicyclic amines) is 1. The Hall–Kier alpha value is -3.01. The number of alkyl halides is 1. The standard InChI is InChI=1S/C28H30F2N2O2/c1-34-23-9-11-28-25(17-23)24(12-14-31-28)27(30)10-8-20-13-16-32(18-22(20)19-33)15-4-6-21-5-2-3-7-26(21)29/h2-3,5,7,9,11-12,14,17,20,22,27,33H,8,10,13,15-16,18-19H2,1H3/t20-,22-,27+/m1/s1. The number of ether oxygens (including phenoxy) is 1. The molecule has 2 heterocycles. The van der Waals surface area contributed by atoms with Crippen LogP contribution < -0.4 is 4.74 Å². The molecule has 34 heavy (non-hydrogen) atoms. The van der Waals surface area contributed by atoms with Crippen LogP contribution in [0.25, 0.3) is 10.9 Å². The van der Waals surface area contributed by atoms with Gasteiger partial charge >= 0.3 is 0 Å². The van der Waals surface area contributed by atoms with Gasteiger partial charge in [0.1, 0.15) is 17.7 Å². The van der Waals surface area contributed by atoms with E-state index in [1.54, 1.807) is 37.6 Å². The second-order valence-corrected chi connectivity index (χ2v) is 8.84. The van der Waals surface area contributed by atoms with Gasteiger partial charge in [0, 0.05) is 24.7 Å². The average molecular weight is 465 g/mol. The number of hydrogen-bond donors (Lipinski definition) is 1. The van der Waals surface area contributed by atoms with E-state index in [1.807, 2.05) is 18.2 Å². The Morgan fingerprint density at radius 1 is 1.21 bits per heavy atom. The van der Waals surface area contributed by atoms with Crippen molar-refractivity contribution in [2.75, 3.05) is 33.4 Å². The minimum atomic E-state index is -1.11. The van der Waals surface area contributed by atoms with Gasteiger partial charge < -0.3 is 9.84 Å². The van der Waals surface area contributed by atoms with Gasteiger partial charge in [-0.1, -0.05) is 24.0 Å². The summed E-state index contributed by atoms with van der Waals surface area (Å²) in [7, 11) is 1.59. The molecule has 0 aliphatic carbocycles. The maximum Gasteiger partial charge on any atom is 0.138 e. The maximum absolute atomic E-state index is 15.3. The second-order valence-electron chi connectivity index (χ2n) is 8.84. The molecule has 3 aromatic rings. The third kappa shape index (κ3) is 5.72. The third-order valence-electron chi connectivity index (χ3n) is 6.72. The Bertz CT molecular complexity index is 1170. The van der Waals surface area contributed by atoms with Gasteiger partial charge in [0.05, 0.1) is 24.7 Å². The lowest BCUT2D eigenvalue weighted by Crippen LogP contribution is -2.42. The van der Waals surface area contributed by atoms with Gasteiger partial charge in [-0.3, -0.25) is 9.88 Å². The molecule has 0 saturated carbocycles. The largest absolute Gasteiger partial charge is 0.497 e. The minimum absolute atomic E-state index is 0.0637. The molecule has 1 fully saturated rings. The number of aromatic nitrogens is 1. The van der Waals surface area contributed by atoms with Gasteiger partial charge in [0.2, 0.25) is 0 Å². The number of aliphatic hydroxyl groups excluding tert-OH is 1. The van der Waals surface area contributed by atoms with E-state index in [4.69, 9.17) is 4.74 Å². The Kier molecular flexibility index (Phi) is 8.10. The molecule has 0 radical (unpaired) electrons. The number of nitrogens with zero attached hydrogens (tertiary/aromatic N) is 2. The molecule has 0 bridgehead atoms. The fourth-order valence-electron chi connectivity index (χ4n) is 4.76. The van der Waals surface area contributed by atoms with E-state index in [0.717, 1.165) is 23.9 Å². The monoisotopic (exact) mass is 464 g/mol. The smallest absolute Gasteiger partial charge is 0.138 e. The van der Waals surface area contributed by atoms with Crippen molar-refractivity contribution >= 4 is 10.9 Å². The van der Waals surface area contributed by atoms with Crippen molar-refractivity contribution in [3.8, 4) is 17.6 Å². The lowest BCUT2D eigenvalue weighted by Gasteiger charge is -2.37. The first-order valence-electron chi connectivity index (χ1n) is 11.7. The summed E-state index contributed by atoms with van der Waals surface area (Å²) in [5.74, 6) is 6.63. The van der Waals surface area contributed by atoms with E-state index in [2.05, 4.69) is 21.7 Å². The second kappa shape index (κ2) is 11.4. The zero-order valence-corrected chi connectivity index (χ0v) is 19.4. The normalized spacial score (nSPS) is 19.4. The van der Waals surface area contributed by atoms with Crippen molar-refractivity contribution in [3.63, 3.8) is 0 Å². The Balaban J connectivity index is 1.34. The molecule has 0 amide bonds. The fourth-order valence-corrected chi connectivity index (χ4v) is 4.76. The highest BCUT2D eigenvalue weighted by molar-refractivity contribution is 5.83. The molecular formula is C28H30F2N2O2. The van der Waals surface area contributed by atoms with Crippen molar-refractivity contribution < 1.29 is 18.6 Å². The molecule has 1 aliphatic heterocycles. The Labute approximate surface area is 199 Å². The molecule has 0 spiro atoms. The molecule has 1 aliphatic rings. The van der Waals surface area contributed by atoms with Crippen LogP contribution in [0.15, 0.2) is 54.7 Å². The lowest BCUT2D eigenvalue weighted by molar-refractivity contribution is 0.0708. The van der Waals surface area contributed by atoms with Crippen LogP contribution in [0.4, 0.5) is 8.78 Å². The molecule has 178 valence electrons. The van der Waals surface area contributed by atoms with Crippen LogP contribution in [0.2, 0.25) is 0 Å². The van der Waals surface area contributed by atoms with Crippen molar-refractivity contribution in [1.29, 1.82) is 0 Å². The molecule has 1 saturated heterocycles. The topological polar surface area (TPSA) is 45.6 Å². The van der Waals surface area contributed by atoms with Crippen LogP contribution in [0.1, 0.15) is 36.6 Å². The van der Waals surface area contributed by atoms with Crippen molar-refractivity contribution in [1.82, 2.24) is 9.88 Å². The number of aliphatic hydroxyl groups is 1. The van der Waals surface area contributed by atoms with Crippen LogP contribution in [0.3, 0.4) is 0 Å². The highest BCUT2D eigenvalue weighted by Crippen LogP contribution is 2.35. The molecule has 4 nitrogen and oxygen atoms in total. The van der Waals surface area contributed by atoms with Gasteiger partial charge in [-0.25, -0.2) is 8.78 Å². The van der Waals surface area contributed by atoms with Gasteiger partial charge in [-0.2, -0.15) is 0 Å². The SMILES string of the molecule is COc1ccc2nccc([C@@H](F)CC[C@@H]3CCN(CC#Cc4ccccc4F)C[C@@H]3CO)c2c1. The number of methoxy groups -OCH3 is 1. The van der Waals surface area contributed by atoms with E-state index in [-0.39, 0.29) is 24.3 Å². The number of pyridine rings is 1. The molecule has 0 unspecified atom stereocenters.